The minimum Gasteiger partial charge on any atom is -0.457 e. The van der Waals surface area contributed by atoms with Crippen LogP contribution in [-0.2, 0) is 22.3 Å². The molecule has 4 heteroatoms. The summed E-state index contributed by atoms with van der Waals surface area (Å²) in [5.74, 6) is 1.65. The van der Waals surface area contributed by atoms with Crippen LogP contribution in [0.3, 0.4) is 0 Å². The molecule has 4 nitrogen and oxygen atoms in total. The van der Waals surface area contributed by atoms with Gasteiger partial charge in [0.15, 0.2) is 0 Å². The monoisotopic (exact) mass is 307 g/mol. The third kappa shape index (κ3) is 3.53. The van der Waals surface area contributed by atoms with Crippen molar-refractivity contribution in [2.45, 2.75) is 25.0 Å². The summed E-state index contributed by atoms with van der Waals surface area (Å²) < 4.78 is 16.9. The quantitative estimate of drug-likeness (QED) is 0.769. The largest absolute Gasteiger partial charge is 0.457 e. The lowest BCUT2D eigenvalue weighted by Crippen LogP contribution is -2.04. The maximum atomic E-state index is 9.31. The predicted molar refractivity (Wildman–Crippen MR) is 84.6 cm³/mol. The third-order valence-electron chi connectivity index (χ3n) is 4.03. The molecule has 0 spiro atoms. The maximum Gasteiger partial charge on any atom is 0.134 e. The zero-order valence-electron chi connectivity index (χ0n) is 12.7. The summed E-state index contributed by atoms with van der Waals surface area (Å²) in [5, 5.41) is 9.31. The summed E-state index contributed by atoms with van der Waals surface area (Å²) in [6.07, 6.45) is 2.03. The van der Waals surface area contributed by atoms with Gasteiger partial charge in [0.05, 0.1) is 37.1 Å². The second-order valence-electron chi connectivity index (χ2n) is 5.97. The molecule has 2 aromatic carbocycles. The molecule has 0 N–H and O–H groups in total. The van der Waals surface area contributed by atoms with Gasteiger partial charge in [-0.2, -0.15) is 5.26 Å². The van der Waals surface area contributed by atoms with Crippen LogP contribution in [-0.4, -0.2) is 25.4 Å². The minimum absolute atomic E-state index is 0.243. The highest BCUT2D eigenvalue weighted by Gasteiger charge is 2.29. The van der Waals surface area contributed by atoms with Crippen molar-refractivity contribution in [3.05, 3.63) is 59.2 Å². The summed E-state index contributed by atoms with van der Waals surface area (Å²) in [7, 11) is 0. The molecule has 0 bridgehead atoms. The first-order valence-corrected chi connectivity index (χ1v) is 7.84. The average Bonchev–Trinajstić information content (AvgIpc) is 3.47. The van der Waals surface area contributed by atoms with Crippen LogP contribution in [0.25, 0.3) is 0 Å². The van der Waals surface area contributed by atoms with E-state index >= 15 is 0 Å². The Morgan fingerprint density at radius 1 is 1.00 bits per heavy atom. The Labute approximate surface area is 135 Å². The van der Waals surface area contributed by atoms with E-state index in [9.17, 15) is 5.26 Å². The van der Waals surface area contributed by atoms with Crippen molar-refractivity contribution in [1.29, 1.82) is 5.26 Å². The van der Waals surface area contributed by atoms with Crippen molar-refractivity contribution in [2.24, 2.45) is 0 Å². The molecule has 0 amide bonds. The topological polar surface area (TPSA) is 58.1 Å². The lowest BCUT2D eigenvalue weighted by atomic mass is 9.98. The molecule has 2 atom stereocenters. The van der Waals surface area contributed by atoms with Crippen molar-refractivity contribution >= 4 is 0 Å². The van der Waals surface area contributed by atoms with Gasteiger partial charge in [0, 0.05) is 12.8 Å². The highest BCUT2D eigenvalue weighted by molar-refractivity contribution is 5.51. The van der Waals surface area contributed by atoms with Crippen molar-refractivity contribution in [1.82, 2.24) is 0 Å². The number of para-hydroxylation sites is 1. The van der Waals surface area contributed by atoms with Gasteiger partial charge in [-0.3, -0.25) is 0 Å². The van der Waals surface area contributed by atoms with Crippen LogP contribution < -0.4 is 4.74 Å². The first kappa shape index (κ1) is 14.3. The SMILES string of the molecule is N#Cc1cc(CC2CO2)c(Oc2ccccc2)c(CC2CO2)c1. The van der Waals surface area contributed by atoms with Gasteiger partial charge in [-0.05, 0) is 35.4 Å². The van der Waals surface area contributed by atoms with Crippen LogP contribution in [0.2, 0.25) is 0 Å². The van der Waals surface area contributed by atoms with E-state index in [1.54, 1.807) is 0 Å². The fraction of sp³-hybridized carbons (Fsp3) is 0.316. The summed E-state index contributed by atoms with van der Waals surface area (Å²) >= 11 is 0. The molecule has 23 heavy (non-hydrogen) atoms. The lowest BCUT2D eigenvalue weighted by Gasteiger charge is -2.16. The van der Waals surface area contributed by atoms with Crippen molar-refractivity contribution < 1.29 is 14.2 Å². The summed E-state index contributed by atoms with van der Waals surface area (Å²) in [6.45, 7) is 1.56. The van der Waals surface area contributed by atoms with Gasteiger partial charge in [-0.25, -0.2) is 0 Å². The molecule has 4 rings (SSSR count). The molecule has 2 fully saturated rings. The van der Waals surface area contributed by atoms with Crippen molar-refractivity contribution in [3.63, 3.8) is 0 Å². The molecular formula is C19H17NO3. The average molecular weight is 307 g/mol. The van der Waals surface area contributed by atoms with E-state index in [1.807, 2.05) is 42.5 Å². The molecule has 0 aliphatic carbocycles. The van der Waals surface area contributed by atoms with Gasteiger partial charge in [0.2, 0.25) is 0 Å². The first-order valence-electron chi connectivity index (χ1n) is 7.84. The van der Waals surface area contributed by atoms with Gasteiger partial charge >= 0.3 is 0 Å². The fourth-order valence-corrected chi connectivity index (χ4v) is 2.72. The number of hydrogen-bond acceptors (Lipinski definition) is 4. The van der Waals surface area contributed by atoms with E-state index < -0.39 is 0 Å². The molecule has 0 aromatic heterocycles. The molecule has 0 saturated carbocycles. The molecule has 116 valence electrons. The van der Waals surface area contributed by atoms with E-state index in [0.29, 0.717) is 5.56 Å². The number of epoxide rings is 2. The number of rotatable bonds is 6. The van der Waals surface area contributed by atoms with Crippen LogP contribution in [0.4, 0.5) is 0 Å². The molecule has 2 aliphatic rings. The Bertz CT molecular complexity index is 708. The van der Waals surface area contributed by atoms with Crippen LogP contribution in [0.5, 0.6) is 11.5 Å². The Hall–Kier alpha value is -2.35. The zero-order chi connectivity index (χ0) is 15.6. The van der Waals surface area contributed by atoms with Gasteiger partial charge < -0.3 is 14.2 Å². The standard InChI is InChI=1S/C19H17NO3/c20-10-13-6-14(8-17-11-21-17)19(15(7-13)9-18-12-22-18)23-16-4-2-1-3-5-16/h1-7,17-18H,8-9,11-12H2. The van der Waals surface area contributed by atoms with Crippen LogP contribution in [0, 0.1) is 11.3 Å². The number of ether oxygens (including phenoxy) is 3. The predicted octanol–water partition coefficient (Wildman–Crippen LogP) is 3.23. The minimum atomic E-state index is 0.243. The highest BCUT2D eigenvalue weighted by Crippen LogP contribution is 2.35. The molecule has 2 aliphatic heterocycles. The summed E-state index contributed by atoms with van der Waals surface area (Å²) in [4.78, 5) is 0. The van der Waals surface area contributed by atoms with Crippen LogP contribution >= 0.6 is 0 Å². The smallest absolute Gasteiger partial charge is 0.134 e. The summed E-state index contributed by atoms with van der Waals surface area (Å²) in [5.41, 5.74) is 2.73. The van der Waals surface area contributed by atoms with E-state index in [2.05, 4.69) is 6.07 Å². The Morgan fingerprint density at radius 2 is 1.57 bits per heavy atom. The first-order chi connectivity index (χ1) is 11.3. The molecule has 2 saturated heterocycles. The van der Waals surface area contributed by atoms with Crippen molar-refractivity contribution in [2.75, 3.05) is 13.2 Å². The summed E-state index contributed by atoms with van der Waals surface area (Å²) in [6, 6.07) is 15.8. The Morgan fingerprint density at radius 3 is 2.04 bits per heavy atom. The van der Waals surface area contributed by atoms with Gasteiger partial charge in [0.25, 0.3) is 0 Å². The second-order valence-corrected chi connectivity index (χ2v) is 5.97. The Balaban J connectivity index is 1.73. The van der Waals surface area contributed by atoms with Crippen LogP contribution in [0.1, 0.15) is 16.7 Å². The van der Waals surface area contributed by atoms with E-state index in [0.717, 1.165) is 48.7 Å². The van der Waals surface area contributed by atoms with Crippen LogP contribution in [0.15, 0.2) is 42.5 Å². The number of nitrogens with zero attached hydrogens (tertiary/aromatic N) is 1. The second kappa shape index (κ2) is 6.04. The van der Waals surface area contributed by atoms with Gasteiger partial charge in [-0.15, -0.1) is 0 Å². The normalized spacial score (nSPS) is 21.5. The lowest BCUT2D eigenvalue weighted by molar-refractivity contribution is 0.397. The van der Waals surface area contributed by atoms with E-state index in [-0.39, 0.29) is 12.2 Å². The molecular weight excluding hydrogens is 290 g/mol. The Kier molecular flexibility index (Phi) is 3.74. The number of benzene rings is 2. The maximum absolute atomic E-state index is 9.31. The fourth-order valence-electron chi connectivity index (χ4n) is 2.72. The van der Waals surface area contributed by atoms with E-state index in [1.165, 1.54) is 0 Å². The number of nitriles is 1. The number of hydrogen-bond donors (Lipinski definition) is 0. The molecule has 2 unspecified atom stereocenters. The molecule has 2 heterocycles. The van der Waals surface area contributed by atoms with Crippen molar-refractivity contribution in [3.8, 4) is 17.6 Å². The third-order valence-corrected chi connectivity index (χ3v) is 4.03. The van der Waals surface area contributed by atoms with Gasteiger partial charge in [-0.1, -0.05) is 18.2 Å². The molecule has 0 radical (unpaired) electrons. The molecule has 2 aromatic rings. The zero-order valence-corrected chi connectivity index (χ0v) is 12.7. The highest BCUT2D eigenvalue weighted by atomic mass is 16.6. The van der Waals surface area contributed by atoms with E-state index in [4.69, 9.17) is 14.2 Å². The van der Waals surface area contributed by atoms with Gasteiger partial charge in [0.1, 0.15) is 11.5 Å².